The lowest BCUT2D eigenvalue weighted by Crippen LogP contribution is -2.12. The van der Waals surface area contributed by atoms with Crippen molar-refractivity contribution in [2.24, 2.45) is 0 Å². The highest BCUT2D eigenvalue weighted by Gasteiger charge is 2.14. The quantitative estimate of drug-likeness (QED) is 0.827. The number of rotatable bonds is 2. The Morgan fingerprint density at radius 3 is 2.75 bits per heavy atom. The molecule has 2 aromatic rings. The lowest BCUT2D eigenvalue weighted by Gasteiger charge is -2.07. The molecule has 5 heteroatoms. The smallest absolute Gasteiger partial charge is 0.255 e. The molecule has 0 aliphatic carbocycles. The number of phenols is 1. The van der Waals surface area contributed by atoms with E-state index in [1.807, 2.05) is 6.07 Å². The van der Waals surface area contributed by atoms with E-state index in [0.717, 1.165) is 17.2 Å². The summed E-state index contributed by atoms with van der Waals surface area (Å²) in [5.74, 6) is -1.55. The summed E-state index contributed by atoms with van der Waals surface area (Å²) < 4.78 is 18.5. The summed E-state index contributed by atoms with van der Waals surface area (Å²) in [6, 6.07) is 9.04. The van der Waals surface area contributed by atoms with E-state index in [-0.39, 0.29) is 5.91 Å². The molecular formula is C15H12FNO3. The molecule has 2 N–H and O–H groups in total. The van der Waals surface area contributed by atoms with Gasteiger partial charge < -0.3 is 15.2 Å². The molecule has 0 saturated heterocycles. The SMILES string of the molecule is O=C(Nc1ccc(O)c(F)c1)c1ccc2c(c1)COC2. The second-order valence-electron chi connectivity index (χ2n) is 4.60. The van der Waals surface area contributed by atoms with Gasteiger partial charge in [0.2, 0.25) is 0 Å². The van der Waals surface area contributed by atoms with Gasteiger partial charge in [0.25, 0.3) is 5.91 Å². The van der Waals surface area contributed by atoms with Gasteiger partial charge in [-0.1, -0.05) is 6.07 Å². The number of ether oxygens (including phenoxy) is 1. The van der Waals surface area contributed by atoms with Crippen LogP contribution in [-0.2, 0) is 18.0 Å². The molecule has 1 amide bonds. The topological polar surface area (TPSA) is 58.6 Å². The van der Waals surface area contributed by atoms with Crippen LogP contribution in [0.4, 0.5) is 10.1 Å². The number of phenolic OH excluding ortho intramolecular Hbond substituents is 1. The zero-order valence-electron chi connectivity index (χ0n) is 10.5. The second kappa shape index (κ2) is 4.94. The molecule has 0 atom stereocenters. The van der Waals surface area contributed by atoms with Crippen LogP contribution >= 0.6 is 0 Å². The Kier molecular flexibility index (Phi) is 3.12. The molecule has 3 rings (SSSR count). The first-order valence-electron chi connectivity index (χ1n) is 6.13. The highest BCUT2D eigenvalue weighted by Crippen LogP contribution is 2.23. The van der Waals surface area contributed by atoms with E-state index in [0.29, 0.717) is 24.5 Å². The third-order valence-electron chi connectivity index (χ3n) is 3.19. The van der Waals surface area contributed by atoms with Crippen molar-refractivity contribution >= 4 is 11.6 Å². The minimum Gasteiger partial charge on any atom is -0.505 e. The van der Waals surface area contributed by atoms with E-state index in [4.69, 9.17) is 9.84 Å². The molecule has 0 spiro atoms. The molecule has 0 saturated carbocycles. The van der Waals surface area contributed by atoms with Crippen molar-refractivity contribution in [1.82, 2.24) is 0 Å². The molecule has 2 aromatic carbocycles. The summed E-state index contributed by atoms with van der Waals surface area (Å²) in [6.45, 7) is 1.07. The van der Waals surface area contributed by atoms with Crippen molar-refractivity contribution < 1.29 is 19.0 Å². The predicted octanol–water partition coefficient (Wildman–Crippen LogP) is 2.81. The maximum atomic E-state index is 13.2. The first-order valence-corrected chi connectivity index (χ1v) is 6.13. The van der Waals surface area contributed by atoms with Crippen molar-refractivity contribution in [2.75, 3.05) is 5.32 Å². The monoisotopic (exact) mass is 273 g/mol. The largest absolute Gasteiger partial charge is 0.505 e. The van der Waals surface area contributed by atoms with E-state index in [9.17, 15) is 9.18 Å². The molecule has 1 aliphatic rings. The summed E-state index contributed by atoms with van der Waals surface area (Å²) in [4.78, 5) is 12.1. The van der Waals surface area contributed by atoms with E-state index in [1.165, 1.54) is 12.1 Å². The van der Waals surface area contributed by atoms with Crippen LogP contribution in [0.25, 0.3) is 0 Å². The molecule has 0 radical (unpaired) electrons. The number of carbonyl (C=O) groups excluding carboxylic acids is 1. The zero-order chi connectivity index (χ0) is 14.1. The van der Waals surface area contributed by atoms with E-state index in [2.05, 4.69) is 5.32 Å². The average molecular weight is 273 g/mol. The zero-order valence-corrected chi connectivity index (χ0v) is 10.5. The lowest BCUT2D eigenvalue weighted by molar-refractivity contribution is 0.102. The van der Waals surface area contributed by atoms with E-state index in [1.54, 1.807) is 12.1 Å². The lowest BCUT2D eigenvalue weighted by atomic mass is 10.1. The molecule has 0 bridgehead atoms. The number of hydrogen-bond donors (Lipinski definition) is 2. The molecule has 1 aliphatic heterocycles. The Hall–Kier alpha value is -2.40. The maximum absolute atomic E-state index is 13.2. The van der Waals surface area contributed by atoms with E-state index < -0.39 is 11.6 Å². The Bertz CT molecular complexity index is 685. The van der Waals surface area contributed by atoms with Gasteiger partial charge in [-0.25, -0.2) is 4.39 Å². The van der Waals surface area contributed by atoms with Gasteiger partial charge in [0.15, 0.2) is 11.6 Å². The number of hydrogen-bond acceptors (Lipinski definition) is 3. The molecule has 4 nitrogen and oxygen atoms in total. The summed E-state index contributed by atoms with van der Waals surface area (Å²) in [6.07, 6.45) is 0. The molecule has 1 heterocycles. The number of benzene rings is 2. The molecule has 0 fully saturated rings. The van der Waals surface area contributed by atoms with Crippen LogP contribution in [0.1, 0.15) is 21.5 Å². The van der Waals surface area contributed by atoms with Crippen LogP contribution in [-0.4, -0.2) is 11.0 Å². The average Bonchev–Trinajstić information content (AvgIpc) is 2.90. The van der Waals surface area contributed by atoms with Crippen molar-refractivity contribution in [3.8, 4) is 5.75 Å². The van der Waals surface area contributed by atoms with Gasteiger partial charge in [-0.2, -0.15) is 0 Å². The number of nitrogens with one attached hydrogen (secondary N) is 1. The van der Waals surface area contributed by atoms with Crippen LogP contribution in [0, 0.1) is 5.82 Å². The van der Waals surface area contributed by atoms with Crippen molar-refractivity contribution in [3.63, 3.8) is 0 Å². The third-order valence-corrected chi connectivity index (χ3v) is 3.19. The van der Waals surface area contributed by atoms with Gasteiger partial charge in [0, 0.05) is 17.3 Å². The highest BCUT2D eigenvalue weighted by atomic mass is 19.1. The van der Waals surface area contributed by atoms with Crippen LogP contribution in [0.5, 0.6) is 5.75 Å². The highest BCUT2D eigenvalue weighted by molar-refractivity contribution is 6.04. The predicted molar refractivity (Wildman–Crippen MR) is 71.0 cm³/mol. The fourth-order valence-electron chi connectivity index (χ4n) is 2.10. The summed E-state index contributed by atoms with van der Waals surface area (Å²) in [5, 5.41) is 11.7. The Labute approximate surface area is 114 Å². The van der Waals surface area contributed by atoms with Crippen LogP contribution in [0.3, 0.4) is 0 Å². The van der Waals surface area contributed by atoms with Gasteiger partial charge in [-0.15, -0.1) is 0 Å². The summed E-state index contributed by atoms with van der Waals surface area (Å²) in [5.41, 5.74) is 2.86. The number of fused-ring (bicyclic) bond motifs is 1. The number of anilines is 1. The Morgan fingerprint density at radius 2 is 1.95 bits per heavy atom. The van der Waals surface area contributed by atoms with Gasteiger partial charge in [-0.3, -0.25) is 4.79 Å². The number of aromatic hydroxyl groups is 1. The minimum absolute atomic E-state index is 0.294. The van der Waals surface area contributed by atoms with Crippen LogP contribution in [0.2, 0.25) is 0 Å². The van der Waals surface area contributed by atoms with Crippen molar-refractivity contribution in [2.45, 2.75) is 13.2 Å². The number of amides is 1. The van der Waals surface area contributed by atoms with Crippen molar-refractivity contribution in [1.29, 1.82) is 0 Å². The molecule has 20 heavy (non-hydrogen) atoms. The molecule has 0 unspecified atom stereocenters. The third kappa shape index (κ3) is 2.35. The molecular weight excluding hydrogens is 261 g/mol. The summed E-state index contributed by atoms with van der Waals surface area (Å²) >= 11 is 0. The summed E-state index contributed by atoms with van der Waals surface area (Å²) in [7, 11) is 0. The number of carbonyl (C=O) groups is 1. The van der Waals surface area contributed by atoms with Crippen LogP contribution < -0.4 is 5.32 Å². The van der Waals surface area contributed by atoms with Gasteiger partial charge in [-0.05, 0) is 35.4 Å². The maximum Gasteiger partial charge on any atom is 0.255 e. The second-order valence-corrected chi connectivity index (χ2v) is 4.60. The van der Waals surface area contributed by atoms with Gasteiger partial charge in [0.05, 0.1) is 13.2 Å². The van der Waals surface area contributed by atoms with Gasteiger partial charge >= 0.3 is 0 Å². The Morgan fingerprint density at radius 1 is 1.15 bits per heavy atom. The normalized spacial score (nSPS) is 13.1. The fourth-order valence-corrected chi connectivity index (χ4v) is 2.10. The van der Waals surface area contributed by atoms with Gasteiger partial charge in [0.1, 0.15) is 0 Å². The first-order chi connectivity index (χ1) is 9.63. The van der Waals surface area contributed by atoms with E-state index >= 15 is 0 Å². The standard InChI is InChI=1S/C15H12FNO3/c16-13-6-12(3-4-14(13)18)17-15(19)9-1-2-10-7-20-8-11(10)5-9/h1-6,18H,7-8H2,(H,17,19). The molecule has 102 valence electrons. The molecule has 0 aromatic heterocycles. The Balaban J connectivity index is 1.80. The van der Waals surface area contributed by atoms with Crippen molar-refractivity contribution in [3.05, 3.63) is 58.9 Å². The minimum atomic E-state index is -0.773. The van der Waals surface area contributed by atoms with Crippen LogP contribution in [0.15, 0.2) is 36.4 Å². The first kappa shape index (κ1) is 12.6. The fraction of sp³-hybridized carbons (Fsp3) is 0.133. The number of halogens is 1.